The molecule has 0 amide bonds. The third kappa shape index (κ3) is 11.1. The topological polar surface area (TPSA) is 29.4 Å². The van der Waals surface area contributed by atoms with Crippen LogP contribution in [0.2, 0.25) is 0 Å². The van der Waals surface area contributed by atoms with E-state index in [9.17, 15) is 4.91 Å². The molecule has 0 aliphatic heterocycles. The number of hydrogen-bond acceptors (Lipinski definition) is 6. The van der Waals surface area contributed by atoms with Crippen LogP contribution in [0.1, 0.15) is 38.8 Å². The van der Waals surface area contributed by atoms with Gasteiger partial charge in [0, 0.05) is 43.1 Å². The van der Waals surface area contributed by atoms with E-state index < -0.39 is 0 Å². The monoisotopic (exact) mass is 591 g/mol. The summed E-state index contributed by atoms with van der Waals surface area (Å²) in [6, 6.07) is 34.8. The fourth-order valence-electron chi connectivity index (χ4n) is 3.73. The van der Waals surface area contributed by atoms with Crippen molar-refractivity contribution in [1.29, 1.82) is 0 Å². The second-order valence-electron chi connectivity index (χ2n) is 9.52. The lowest BCUT2D eigenvalue weighted by Gasteiger charge is -2.08. The molecule has 0 saturated carbocycles. The summed E-state index contributed by atoms with van der Waals surface area (Å²) in [6.45, 7) is 8.85. The van der Waals surface area contributed by atoms with Crippen LogP contribution in [0.15, 0.2) is 111 Å². The van der Waals surface area contributed by atoms with E-state index in [1.165, 1.54) is 37.6 Å². The van der Waals surface area contributed by atoms with Gasteiger partial charge in [0.25, 0.3) is 0 Å². The lowest BCUT2D eigenvalue weighted by molar-refractivity contribution is 1.11. The van der Waals surface area contributed by atoms with E-state index in [2.05, 4.69) is 136 Å². The van der Waals surface area contributed by atoms with Gasteiger partial charge in [0.05, 0.1) is 0 Å². The molecule has 6 heteroatoms. The van der Waals surface area contributed by atoms with E-state index in [1.807, 2.05) is 23.5 Å². The molecule has 0 radical (unpaired) electrons. The van der Waals surface area contributed by atoms with Crippen LogP contribution >= 0.6 is 47.2 Å². The molecule has 0 aromatic heterocycles. The Labute approximate surface area is 251 Å². The Hall–Kier alpha value is -2.12. The molecule has 0 atom stereocenters. The standard InChI is InChI=1S/C22H22S2.C11H15NOS2/c1-16(2)24-22-14-10-20(11-15-22)18-6-4-17(5-7-18)19-8-12-21(23-3)13-9-19;1-9(2)14-7-10-3-5-11(6-4-10)8-15-12-13/h4-16H,1-3H3;3-6,9H,7-8H2,1-2H3. The second kappa shape index (κ2) is 16.9. The summed E-state index contributed by atoms with van der Waals surface area (Å²) in [5, 5.41) is 1.28. The van der Waals surface area contributed by atoms with Crippen LogP contribution < -0.4 is 0 Å². The van der Waals surface area contributed by atoms with Gasteiger partial charge in [-0.2, -0.15) is 11.8 Å². The number of hydrogen-bond donors (Lipinski definition) is 0. The minimum Gasteiger partial charge on any atom is -0.154 e. The van der Waals surface area contributed by atoms with Gasteiger partial charge < -0.3 is 0 Å². The molecule has 0 spiro atoms. The Balaban J connectivity index is 0.000000242. The van der Waals surface area contributed by atoms with Gasteiger partial charge in [0.2, 0.25) is 0 Å². The van der Waals surface area contributed by atoms with Crippen LogP contribution in [-0.2, 0) is 11.5 Å². The van der Waals surface area contributed by atoms with Crippen LogP contribution in [0.5, 0.6) is 0 Å². The van der Waals surface area contributed by atoms with Gasteiger partial charge in [-0.05, 0) is 69.2 Å². The zero-order valence-corrected chi connectivity index (χ0v) is 26.6. The Bertz CT molecular complexity index is 1250. The molecule has 2 nitrogen and oxygen atoms in total. The lowest BCUT2D eigenvalue weighted by atomic mass is 10.0. The average Bonchev–Trinajstić information content (AvgIpc) is 2.96. The van der Waals surface area contributed by atoms with Gasteiger partial charge in [-0.15, -0.1) is 28.4 Å². The first kappa shape index (κ1) is 31.4. The summed E-state index contributed by atoms with van der Waals surface area (Å²) in [5.74, 6) is 1.72. The van der Waals surface area contributed by atoms with Crippen molar-refractivity contribution in [3.8, 4) is 22.3 Å². The fraction of sp³-hybridized carbons (Fsp3) is 0.273. The maximum atomic E-state index is 9.93. The van der Waals surface area contributed by atoms with Gasteiger partial charge in [0.15, 0.2) is 0 Å². The molecule has 0 saturated heterocycles. The summed E-state index contributed by atoms with van der Waals surface area (Å²) >= 11 is 6.66. The van der Waals surface area contributed by atoms with Gasteiger partial charge in [0.1, 0.15) is 0 Å². The Morgan fingerprint density at radius 2 is 0.974 bits per heavy atom. The number of rotatable bonds is 11. The molecule has 0 N–H and O–H groups in total. The highest BCUT2D eigenvalue weighted by atomic mass is 32.2. The summed E-state index contributed by atoms with van der Waals surface area (Å²) in [6.07, 6.45) is 2.11. The molecule has 0 heterocycles. The predicted molar refractivity (Wildman–Crippen MR) is 180 cm³/mol. The lowest BCUT2D eigenvalue weighted by Crippen LogP contribution is -1.89. The van der Waals surface area contributed by atoms with E-state index in [0.29, 0.717) is 16.3 Å². The zero-order chi connectivity index (χ0) is 28.0. The molecule has 4 aromatic rings. The molecule has 39 heavy (non-hydrogen) atoms. The fourth-order valence-corrected chi connectivity index (χ4v) is 6.09. The summed E-state index contributed by atoms with van der Waals surface area (Å²) in [7, 11) is 0. The first-order valence-corrected chi connectivity index (χ1v) is 17.1. The van der Waals surface area contributed by atoms with Crippen molar-refractivity contribution in [1.82, 2.24) is 0 Å². The van der Waals surface area contributed by atoms with E-state index in [1.54, 1.807) is 11.8 Å². The van der Waals surface area contributed by atoms with Crippen molar-refractivity contribution in [3.63, 3.8) is 0 Å². The minimum absolute atomic E-state index is 0.618. The van der Waals surface area contributed by atoms with Crippen molar-refractivity contribution in [2.45, 2.75) is 59.5 Å². The quantitative estimate of drug-likeness (QED) is 0.0983. The molecule has 4 rings (SSSR count). The number of benzene rings is 4. The van der Waals surface area contributed by atoms with Crippen LogP contribution in [0.25, 0.3) is 22.3 Å². The molecule has 0 bridgehead atoms. The van der Waals surface area contributed by atoms with Crippen LogP contribution in [0.4, 0.5) is 0 Å². The highest BCUT2D eigenvalue weighted by Crippen LogP contribution is 2.29. The van der Waals surface area contributed by atoms with Gasteiger partial charge >= 0.3 is 0 Å². The zero-order valence-electron chi connectivity index (χ0n) is 23.3. The molecule has 204 valence electrons. The molecular formula is C33H37NOS4. The molecular weight excluding hydrogens is 555 g/mol. The predicted octanol–water partition coefficient (Wildman–Crippen LogP) is 11.5. The summed E-state index contributed by atoms with van der Waals surface area (Å²) < 4.78 is 2.78. The highest BCUT2D eigenvalue weighted by Gasteiger charge is 2.03. The Morgan fingerprint density at radius 1 is 0.564 bits per heavy atom. The van der Waals surface area contributed by atoms with Crippen LogP contribution in [0.3, 0.4) is 0 Å². The van der Waals surface area contributed by atoms with Gasteiger partial charge in [-0.25, -0.2) is 0 Å². The number of thioether (sulfide) groups is 3. The molecule has 4 aromatic carbocycles. The Kier molecular flexibility index (Phi) is 13.6. The van der Waals surface area contributed by atoms with Gasteiger partial charge in [-0.3, -0.25) is 0 Å². The van der Waals surface area contributed by atoms with Crippen molar-refractivity contribution >= 4 is 47.2 Å². The SMILES string of the molecule is CC(C)SCc1ccc(CSN=O)cc1.CSc1ccc(-c2ccc(-c3ccc(SC(C)C)cc3)cc2)cc1. The number of nitroso groups, excluding NO2 is 1. The first-order valence-electron chi connectivity index (χ1n) is 13.0. The average molecular weight is 592 g/mol. The first-order chi connectivity index (χ1) is 18.9. The van der Waals surface area contributed by atoms with Crippen molar-refractivity contribution in [2.24, 2.45) is 4.58 Å². The maximum Gasteiger partial charge on any atom is 0.0438 e. The van der Waals surface area contributed by atoms with Crippen molar-refractivity contribution in [3.05, 3.63) is 113 Å². The number of nitrogens with zero attached hydrogens (tertiary/aromatic N) is 1. The van der Waals surface area contributed by atoms with Crippen molar-refractivity contribution in [2.75, 3.05) is 6.26 Å². The van der Waals surface area contributed by atoms with E-state index in [4.69, 9.17) is 0 Å². The molecule has 0 aliphatic carbocycles. The van der Waals surface area contributed by atoms with Crippen LogP contribution in [0, 0.1) is 4.91 Å². The molecule has 0 aliphatic rings. The van der Waals surface area contributed by atoms with E-state index >= 15 is 0 Å². The maximum absolute atomic E-state index is 9.93. The summed E-state index contributed by atoms with van der Waals surface area (Å²) in [4.78, 5) is 12.6. The molecule has 0 fully saturated rings. The van der Waals surface area contributed by atoms with Crippen molar-refractivity contribution < 1.29 is 0 Å². The van der Waals surface area contributed by atoms with E-state index in [-0.39, 0.29) is 0 Å². The normalized spacial score (nSPS) is 10.8. The smallest absolute Gasteiger partial charge is 0.0438 e. The third-order valence-electron chi connectivity index (χ3n) is 5.76. The second-order valence-corrected chi connectivity index (χ2v) is 14.3. The highest BCUT2D eigenvalue weighted by molar-refractivity contribution is 8.00. The molecule has 0 unspecified atom stereocenters. The summed E-state index contributed by atoms with van der Waals surface area (Å²) in [5.41, 5.74) is 7.55. The largest absolute Gasteiger partial charge is 0.154 e. The third-order valence-corrected chi connectivity index (χ3v) is 9.25. The minimum atomic E-state index is 0.618. The van der Waals surface area contributed by atoms with E-state index in [0.717, 1.165) is 23.3 Å². The Morgan fingerprint density at radius 3 is 1.36 bits per heavy atom. The van der Waals surface area contributed by atoms with Crippen LogP contribution in [-0.4, -0.2) is 16.8 Å². The van der Waals surface area contributed by atoms with Gasteiger partial charge in [-0.1, -0.05) is 100 Å².